The summed E-state index contributed by atoms with van der Waals surface area (Å²) in [5.41, 5.74) is 10.0. The molecule has 0 amide bonds. The summed E-state index contributed by atoms with van der Waals surface area (Å²) in [5.74, 6) is 0. The highest BCUT2D eigenvalue weighted by molar-refractivity contribution is 6.51. The van der Waals surface area contributed by atoms with Gasteiger partial charge in [0.25, 0.3) is 0 Å². The SMILES string of the molecule is c1ccc(-c2c3c(-c4ccccc4)c4c5ccc6c7cccc8cccc(c9ccc(c4c(-c4ccccc4)c3c(-c3ccccc3)c3c4ccc%10c%11cccc%12cccc(c%13ccc(c23)c4c%13%10)c%12%11)c5c69)c87)cc1. The van der Waals surface area contributed by atoms with Gasteiger partial charge in [-0.25, -0.2) is 0 Å². The van der Waals surface area contributed by atoms with Gasteiger partial charge in [0, 0.05) is 0 Å². The van der Waals surface area contributed by atoms with Crippen LogP contribution in [0.25, 0.3) is 185 Å². The number of benzene rings is 16. The summed E-state index contributed by atoms with van der Waals surface area (Å²) in [7, 11) is 0. The van der Waals surface area contributed by atoms with Crippen LogP contribution in [0.5, 0.6) is 0 Å². The van der Waals surface area contributed by atoms with E-state index < -0.39 is 0 Å². The van der Waals surface area contributed by atoms with Crippen molar-refractivity contribution in [1.29, 1.82) is 0 Å². The van der Waals surface area contributed by atoms with Gasteiger partial charge in [-0.05, 0) is 185 Å². The van der Waals surface area contributed by atoms with E-state index in [9.17, 15) is 0 Å². The van der Waals surface area contributed by atoms with Crippen LogP contribution in [0.3, 0.4) is 0 Å². The van der Waals surface area contributed by atoms with E-state index in [-0.39, 0.29) is 0 Å². The third-order valence-corrected chi connectivity index (χ3v) is 17.4. The van der Waals surface area contributed by atoms with Crippen LogP contribution in [-0.4, -0.2) is 0 Å². The molecule has 0 aliphatic heterocycles. The summed E-state index contributed by atoms with van der Waals surface area (Å²) in [6.45, 7) is 0. The van der Waals surface area contributed by atoms with Crippen molar-refractivity contribution >= 4 is 140 Å². The lowest BCUT2D eigenvalue weighted by molar-refractivity contribution is 1.65. The van der Waals surface area contributed by atoms with Crippen molar-refractivity contribution < 1.29 is 0 Å². The summed E-state index contributed by atoms with van der Waals surface area (Å²) in [6, 6.07) is 92.5. The molecule has 0 saturated carbocycles. The van der Waals surface area contributed by atoms with Crippen molar-refractivity contribution in [3.8, 4) is 44.5 Å². The molecule has 0 radical (unpaired) electrons. The topological polar surface area (TPSA) is 0 Å². The van der Waals surface area contributed by atoms with Crippen molar-refractivity contribution in [2.24, 2.45) is 0 Å². The molecule has 0 nitrogen and oxygen atoms in total. The monoisotopic (exact) mass is 928 g/mol. The van der Waals surface area contributed by atoms with Crippen molar-refractivity contribution in [2.45, 2.75) is 0 Å². The Morgan fingerprint density at radius 3 is 0.595 bits per heavy atom. The van der Waals surface area contributed by atoms with Crippen LogP contribution in [0.2, 0.25) is 0 Å². The van der Waals surface area contributed by atoms with E-state index in [0.717, 1.165) is 0 Å². The number of rotatable bonds is 4. The van der Waals surface area contributed by atoms with Crippen LogP contribution >= 0.6 is 0 Å². The predicted molar refractivity (Wildman–Crippen MR) is 321 cm³/mol. The van der Waals surface area contributed by atoms with Crippen LogP contribution in [0.1, 0.15) is 0 Å². The Morgan fingerprint density at radius 2 is 0.338 bits per heavy atom. The van der Waals surface area contributed by atoms with Crippen LogP contribution in [0, 0.1) is 0 Å². The first-order chi connectivity index (χ1) is 36.8. The van der Waals surface area contributed by atoms with E-state index in [0.29, 0.717) is 0 Å². The molecule has 0 saturated heterocycles. The van der Waals surface area contributed by atoms with Gasteiger partial charge in [-0.2, -0.15) is 0 Å². The lowest BCUT2D eigenvalue weighted by atomic mass is 9.78. The Labute approximate surface area is 424 Å². The molecule has 336 valence electrons. The fraction of sp³-hybridized carbons (Fsp3) is 0. The molecule has 74 heavy (non-hydrogen) atoms. The van der Waals surface area contributed by atoms with E-state index in [4.69, 9.17) is 0 Å². The molecule has 0 spiro atoms. The first kappa shape index (κ1) is 39.0. The molecule has 0 N–H and O–H groups in total. The van der Waals surface area contributed by atoms with Crippen LogP contribution in [-0.2, 0) is 0 Å². The molecular formula is C74H40. The highest BCUT2D eigenvalue weighted by Gasteiger charge is 2.32. The zero-order valence-corrected chi connectivity index (χ0v) is 40.1. The van der Waals surface area contributed by atoms with E-state index in [1.807, 2.05) is 0 Å². The van der Waals surface area contributed by atoms with Crippen molar-refractivity contribution in [2.75, 3.05) is 0 Å². The summed E-state index contributed by atoms with van der Waals surface area (Å²) >= 11 is 0. The largest absolute Gasteiger partial charge is 0.0622 e. The molecule has 18 rings (SSSR count). The van der Waals surface area contributed by atoms with Gasteiger partial charge in [-0.15, -0.1) is 0 Å². The minimum absolute atomic E-state index is 1.22. The van der Waals surface area contributed by atoms with Gasteiger partial charge >= 0.3 is 0 Å². The van der Waals surface area contributed by atoms with Crippen LogP contribution < -0.4 is 0 Å². The molecule has 0 unspecified atom stereocenters. The van der Waals surface area contributed by atoms with E-state index in [1.54, 1.807) is 0 Å². The van der Waals surface area contributed by atoms with Gasteiger partial charge in [0.15, 0.2) is 0 Å². The average Bonchev–Trinajstić information content (AvgIpc) is 4.03. The van der Waals surface area contributed by atoms with E-state index >= 15 is 0 Å². The Bertz CT molecular complexity index is 4710. The molecule has 0 aliphatic rings. The highest BCUT2D eigenvalue weighted by atomic mass is 14.3. The number of hydrogen-bond acceptors (Lipinski definition) is 0. The highest BCUT2D eigenvalue weighted by Crippen LogP contribution is 2.61. The van der Waals surface area contributed by atoms with Gasteiger partial charge in [0.05, 0.1) is 0 Å². The first-order valence-electron chi connectivity index (χ1n) is 26.0. The fourth-order valence-electron chi connectivity index (χ4n) is 14.7. The average molecular weight is 929 g/mol. The molecule has 0 heterocycles. The minimum Gasteiger partial charge on any atom is -0.0622 e. The Hall–Kier alpha value is -9.62. The fourth-order valence-corrected chi connectivity index (χ4v) is 14.7. The molecule has 0 bridgehead atoms. The standard InChI is InChI=1S/C74H40/c1-5-17-43(18-6-1)61-69-55-37-33-51-47-29-13-25-41-26-14-30-48(59(41)47)52-34-38-56(67(55)65(51)52)70(69)63(45-21-9-3-10-22-45)74-64(46-23-11-4-12-24-46)72-58-40-36-54-50-32-16-28-42-27-15-31-49(60(42)50)53-35-39-57(68(58)66(53)54)71(72)62(73(61)74)44-19-7-2-8-20-44/h1-40H. The molecule has 0 fully saturated rings. The minimum atomic E-state index is 1.22. The lowest BCUT2D eigenvalue weighted by Crippen LogP contribution is -1.96. The first-order valence-corrected chi connectivity index (χ1v) is 26.0. The van der Waals surface area contributed by atoms with Crippen LogP contribution in [0.4, 0.5) is 0 Å². The summed E-state index contributed by atoms with van der Waals surface area (Å²) < 4.78 is 0. The van der Waals surface area contributed by atoms with Gasteiger partial charge in [-0.1, -0.05) is 243 Å². The molecule has 0 aliphatic carbocycles. The summed E-state index contributed by atoms with van der Waals surface area (Å²) in [5, 5.41) is 34.2. The number of fused-ring (bicyclic) bond motifs is 11. The Morgan fingerprint density at radius 1 is 0.122 bits per heavy atom. The zero-order chi connectivity index (χ0) is 47.9. The van der Waals surface area contributed by atoms with Gasteiger partial charge < -0.3 is 0 Å². The summed E-state index contributed by atoms with van der Waals surface area (Å²) in [6.07, 6.45) is 0. The van der Waals surface area contributed by atoms with Crippen molar-refractivity contribution in [3.05, 3.63) is 243 Å². The van der Waals surface area contributed by atoms with Crippen molar-refractivity contribution in [1.82, 2.24) is 0 Å². The van der Waals surface area contributed by atoms with Gasteiger partial charge in [0.1, 0.15) is 0 Å². The quantitative estimate of drug-likeness (QED) is 0.122. The molecule has 18 aromatic carbocycles. The maximum Gasteiger partial charge on any atom is -0.0000928 e. The maximum atomic E-state index is 2.47. The number of hydrogen-bond donors (Lipinski definition) is 0. The molecule has 0 atom stereocenters. The normalized spacial score (nSPS) is 12.6. The zero-order valence-electron chi connectivity index (χ0n) is 40.1. The second-order valence-corrected chi connectivity index (χ2v) is 20.8. The molecule has 18 aromatic rings. The van der Waals surface area contributed by atoms with E-state index in [1.165, 1.54) is 185 Å². The Balaban J connectivity index is 1.18. The second-order valence-electron chi connectivity index (χ2n) is 20.8. The predicted octanol–water partition coefficient (Wildman–Crippen LogP) is 21.1. The summed E-state index contributed by atoms with van der Waals surface area (Å²) in [4.78, 5) is 0. The molecular weight excluding hydrogens is 889 g/mol. The van der Waals surface area contributed by atoms with Gasteiger partial charge in [-0.3, -0.25) is 0 Å². The van der Waals surface area contributed by atoms with E-state index in [2.05, 4.69) is 243 Å². The molecule has 0 aromatic heterocycles. The second kappa shape index (κ2) is 14.1. The molecule has 0 heteroatoms. The maximum absolute atomic E-state index is 2.47. The van der Waals surface area contributed by atoms with Crippen LogP contribution in [0.15, 0.2) is 243 Å². The van der Waals surface area contributed by atoms with Gasteiger partial charge in [0.2, 0.25) is 0 Å². The third kappa shape index (κ3) is 4.75. The Kier molecular flexibility index (Phi) is 7.43. The van der Waals surface area contributed by atoms with Crippen molar-refractivity contribution in [3.63, 3.8) is 0 Å². The third-order valence-electron chi connectivity index (χ3n) is 17.4. The smallest absolute Gasteiger partial charge is 0.0000928 e. The lowest BCUT2D eigenvalue weighted by Gasteiger charge is -2.24.